The summed E-state index contributed by atoms with van der Waals surface area (Å²) >= 11 is 5.85. The first-order valence-corrected chi connectivity index (χ1v) is 10.00. The number of piperazine rings is 1. The number of hydrogen-bond donors (Lipinski definition) is 2. The molecule has 1 aliphatic heterocycles. The molecule has 1 aliphatic rings. The van der Waals surface area contributed by atoms with E-state index in [0.29, 0.717) is 0 Å². The number of rotatable bonds is 5. The smallest absolute Gasteiger partial charge is 0.422 e. The van der Waals surface area contributed by atoms with Gasteiger partial charge in [0.2, 0.25) is 5.91 Å². The van der Waals surface area contributed by atoms with Crippen LogP contribution in [0.4, 0.5) is 26.7 Å². The molecule has 2 aromatic rings. The molecule has 0 unspecified atom stereocenters. The monoisotopic (exact) mass is 492 g/mol. The molecule has 3 rings (SSSR count). The number of amides is 3. The van der Waals surface area contributed by atoms with Gasteiger partial charge in [-0.3, -0.25) is 4.79 Å². The zero-order chi connectivity index (χ0) is 24.3. The van der Waals surface area contributed by atoms with Crippen LogP contribution in [0.3, 0.4) is 0 Å². The highest BCUT2D eigenvalue weighted by Gasteiger charge is 2.32. The number of halogens is 6. The van der Waals surface area contributed by atoms with Gasteiger partial charge in [0.15, 0.2) is 12.4 Å². The summed E-state index contributed by atoms with van der Waals surface area (Å²) in [5.41, 5.74) is 0.114. The molecule has 3 amide bonds. The lowest BCUT2D eigenvalue weighted by atomic mass is 10.0. The molecule has 1 saturated heterocycles. The Labute approximate surface area is 189 Å². The van der Waals surface area contributed by atoms with Crippen LogP contribution in [0, 0.1) is 11.6 Å². The van der Waals surface area contributed by atoms with Gasteiger partial charge in [0, 0.05) is 13.1 Å². The van der Waals surface area contributed by atoms with Crippen molar-refractivity contribution in [1.82, 2.24) is 20.5 Å². The number of benzene rings is 1. The highest BCUT2D eigenvalue weighted by molar-refractivity contribution is 6.30. The molecule has 0 spiro atoms. The van der Waals surface area contributed by atoms with Crippen molar-refractivity contribution in [2.75, 3.05) is 19.7 Å². The Hall–Kier alpha value is -3.15. The highest BCUT2D eigenvalue weighted by atomic mass is 35.5. The topological polar surface area (TPSA) is 83.6 Å². The normalized spacial score (nSPS) is 17.4. The van der Waals surface area contributed by atoms with E-state index < -0.39 is 48.4 Å². The Bertz CT molecular complexity index is 1050. The van der Waals surface area contributed by atoms with Crippen LogP contribution in [0.15, 0.2) is 30.3 Å². The van der Waals surface area contributed by atoms with Gasteiger partial charge in [-0.05, 0) is 36.8 Å². The minimum absolute atomic E-state index is 0.0984. The Morgan fingerprint density at radius 1 is 1.30 bits per heavy atom. The van der Waals surface area contributed by atoms with E-state index in [4.69, 9.17) is 11.6 Å². The number of nitrogens with zero attached hydrogens (tertiary/aromatic N) is 2. The average molecular weight is 493 g/mol. The van der Waals surface area contributed by atoms with Crippen molar-refractivity contribution in [3.8, 4) is 5.88 Å². The first-order chi connectivity index (χ1) is 15.5. The molecular formula is C20H18ClF5N4O3. The summed E-state index contributed by atoms with van der Waals surface area (Å²) in [5, 5.41) is 4.92. The predicted octanol–water partition coefficient (Wildman–Crippen LogP) is 3.57. The molecule has 0 bridgehead atoms. The van der Waals surface area contributed by atoms with Crippen LogP contribution >= 0.6 is 11.6 Å². The van der Waals surface area contributed by atoms with E-state index in [-0.39, 0.29) is 35.3 Å². The van der Waals surface area contributed by atoms with Crippen molar-refractivity contribution < 1.29 is 36.3 Å². The maximum Gasteiger partial charge on any atom is 0.422 e. The summed E-state index contributed by atoms with van der Waals surface area (Å²) in [6.45, 7) is 0.136. The molecule has 1 aromatic carbocycles. The zero-order valence-electron chi connectivity index (χ0n) is 17.0. The second kappa shape index (κ2) is 9.77. The van der Waals surface area contributed by atoms with Gasteiger partial charge in [-0.15, -0.1) is 0 Å². The second-order valence-corrected chi connectivity index (χ2v) is 7.55. The fraction of sp³-hybridized carbons (Fsp3) is 0.350. The van der Waals surface area contributed by atoms with E-state index in [1.807, 2.05) is 0 Å². The fourth-order valence-electron chi connectivity index (χ4n) is 3.14. The number of urea groups is 1. The average Bonchev–Trinajstić information content (AvgIpc) is 2.75. The maximum atomic E-state index is 14.0. The largest absolute Gasteiger partial charge is 0.466 e. The number of carbonyl (C=O) groups is 2. The van der Waals surface area contributed by atoms with Crippen LogP contribution in [0.2, 0.25) is 5.02 Å². The molecule has 33 heavy (non-hydrogen) atoms. The Morgan fingerprint density at radius 2 is 2.00 bits per heavy atom. The standard InChI is InChI=1S/C20H18ClF5N4O3/c1-10-17(31)27-6-7-30(10)19(32)29-16(11-2-3-13(22)12(21)8-11)15-5-4-14(23)18(28-15)33-9-20(24,25)26/h2-5,8,10,16H,6-7,9H2,1H3,(H,27,31)(H,29,32)/t10-,16+/m1/s1. The van der Waals surface area contributed by atoms with Crippen molar-refractivity contribution >= 4 is 23.5 Å². The van der Waals surface area contributed by atoms with Gasteiger partial charge in [-0.2, -0.15) is 13.2 Å². The van der Waals surface area contributed by atoms with E-state index in [2.05, 4.69) is 20.4 Å². The van der Waals surface area contributed by atoms with Gasteiger partial charge in [-0.25, -0.2) is 18.6 Å². The zero-order valence-corrected chi connectivity index (χ0v) is 17.8. The summed E-state index contributed by atoms with van der Waals surface area (Å²) < 4.78 is 69.7. The quantitative estimate of drug-likeness (QED) is 0.625. The lowest BCUT2D eigenvalue weighted by Crippen LogP contribution is -2.58. The highest BCUT2D eigenvalue weighted by Crippen LogP contribution is 2.28. The van der Waals surface area contributed by atoms with E-state index >= 15 is 0 Å². The van der Waals surface area contributed by atoms with Gasteiger partial charge in [0.1, 0.15) is 11.9 Å². The third-order valence-corrected chi connectivity index (χ3v) is 5.10. The van der Waals surface area contributed by atoms with E-state index in [1.165, 1.54) is 24.0 Å². The van der Waals surface area contributed by atoms with E-state index in [9.17, 15) is 31.5 Å². The summed E-state index contributed by atoms with van der Waals surface area (Å²) in [6.07, 6.45) is -4.73. The Kier molecular flexibility index (Phi) is 7.25. The Morgan fingerprint density at radius 3 is 2.67 bits per heavy atom. The maximum absolute atomic E-state index is 14.0. The lowest BCUT2D eigenvalue weighted by Gasteiger charge is -2.34. The van der Waals surface area contributed by atoms with E-state index in [1.54, 1.807) is 0 Å². The molecule has 2 N–H and O–H groups in total. The predicted molar refractivity (Wildman–Crippen MR) is 107 cm³/mol. The molecule has 178 valence electrons. The number of aromatic nitrogens is 1. The number of carbonyl (C=O) groups excluding carboxylic acids is 2. The van der Waals surface area contributed by atoms with Crippen LogP contribution in [0.5, 0.6) is 5.88 Å². The van der Waals surface area contributed by atoms with Crippen LogP contribution in [-0.2, 0) is 4.79 Å². The van der Waals surface area contributed by atoms with Crippen molar-refractivity contribution in [3.63, 3.8) is 0 Å². The van der Waals surface area contributed by atoms with Gasteiger partial charge < -0.3 is 20.3 Å². The van der Waals surface area contributed by atoms with Gasteiger partial charge in [0.25, 0.3) is 5.88 Å². The SMILES string of the molecule is C[C@@H]1C(=O)NCCN1C(=O)N[C@@H](c1ccc(F)c(Cl)c1)c1ccc(F)c(OCC(F)(F)F)n1. The molecule has 2 heterocycles. The number of hydrogen-bond acceptors (Lipinski definition) is 4. The molecule has 1 fully saturated rings. The molecule has 13 heteroatoms. The van der Waals surface area contributed by atoms with Crippen LogP contribution in [-0.4, -0.2) is 53.7 Å². The first-order valence-electron chi connectivity index (χ1n) is 9.62. The fourth-order valence-corrected chi connectivity index (χ4v) is 3.33. The summed E-state index contributed by atoms with van der Waals surface area (Å²) in [5.74, 6) is -3.19. The van der Waals surface area contributed by atoms with Gasteiger partial charge >= 0.3 is 12.2 Å². The summed E-state index contributed by atoms with van der Waals surface area (Å²) in [7, 11) is 0. The molecule has 7 nitrogen and oxygen atoms in total. The number of alkyl halides is 3. The summed E-state index contributed by atoms with van der Waals surface area (Å²) in [4.78, 5) is 29.8. The minimum Gasteiger partial charge on any atom is -0.466 e. The van der Waals surface area contributed by atoms with Crippen molar-refractivity contribution in [2.24, 2.45) is 0 Å². The van der Waals surface area contributed by atoms with Crippen molar-refractivity contribution in [2.45, 2.75) is 25.2 Å². The molecule has 2 atom stereocenters. The third kappa shape index (κ3) is 6.01. The van der Waals surface area contributed by atoms with Crippen molar-refractivity contribution in [3.05, 3.63) is 58.2 Å². The molecule has 0 radical (unpaired) electrons. The Balaban J connectivity index is 1.96. The van der Waals surface area contributed by atoms with Crippen LogP contribution < -0.4 is 15.4 Å². The molecule has 0 aliphatic carbocycles. The molecule has 0 saturated carbocycles. The van der Waals surface area contributed by atoms with Crippen LogP contribution in [0.1, 0.15) is 24.2 Å². The van der Waals surface area contributed by atoms with E-state index in [0.717, 1.165) is 18.2 Å². The number of nitrogens with one attached hydrogen (secondary N) is 2. The number of ether oxygens (including phenoxy) is 1. The molecule has 1 aromatic heterocycles. The molecular weight excluding hydrogens is 475 g/mol. The minimum atomic E-state index is -4.73. The van der Waals surface area contributed by atoms with Gasteiger partial charge in [-0.1, -0.05) is 17.7 Å². The third-order valence-electron chi connectivity index (χ3n) is 4.81. The second-order valence-electron chi connectivity index (χ2n) is 7.14. The summed E-state index contributed by atoms with van der Waals surface area (Å²) in [6, 6.07) is 2.77. The van der Waals surface area contributed by atoms with Gasteiger partial charge in [0.05, 0.1) is 16.8 Å². The number of pyridine rings is 1. The van der Waals surface area contributed by atoms with Crippen LogP contribution in [0.25, 0.3) is 0 Å². The lowest BCUT2D eigenvalue weighted by molar-refractivity contribution is -0.154. The van der Waals surface area contributed by atoms with Crippen molar-refractivity contribution in [1.29, 1.82) is 0 Å². The first kappa shape index (κ1) is 24.5.